The lowest BCUT2D eigenvalue weighted by molar-refractivity contribution is -0.0513. The molecule has 2 aliphatic carbocycles. The van der Waals surface area contributed by atoms with Crippen molar-refractivity contribution in [2.45, 2.75) is 63.7 Å². The Bertz CT molecular complexity index is 152. The van der Waals surface area contributed by atoms with E-state index in [0.29, 0.717) is 12.2 Å². The first kappa shape index (κ1) is 9.47. The van der Waals surface area contributed by atoms with Crippen LogP contribution in [0.1, 0.15) is 45.4 Å². The molecule has 0 spiro atoms. The maximum absolute atomic E-state index is 5.95. The summed E-state index contributed by atoms with van der Waals surface area (Å²) < 4.78 is 5.95. The number of ether oxygens (including phenoxy) is 1. The predicted octanol–water partition coefficient (Wildman–Crippen LogP) is 2.09. The molecule has 13 heavy (non-hydrogen) atoms. The zero-order valence-electron chi connectivity index (χ0n) is 8.59. The highest BCUT2D eigenvalue weighted by atomic mass is 16.5. The van der Waals surface area contributed by atoms with Crippen molar-refractivity contribution in [2.75, 3.05) is 6.54 Å². The van der Waals surface area contributed by atoms with Crippen molar-refractivity contribution in [3.8, 4) is 0 Å². The van der Waals surface area contributed by atoms with Gasteiger partial charge < -0.3 is 10.1 Å². The second-order valence-corrected chi connectivity index (χ2v) is 4.40. The molecular weight excluding hydrogens is 162 g/mol. The highest BCUT2D eigenvalue weighted by Gasteiger charge is 2.24. The van der Waals surface area contributed by atoms with Gasteiger partial charge in [0.25, 0.3) is 0 Å². The molecule has 2 fully saturated rings. The van der Waals surface area contributed by atoms with Crippen molar-refractivity contribution in [2.24, 2.45) is 0 Å². The van der Waals surface area contributed by atoms with Crippen molar-refractivity contribution in [1.29, 1.82) is 0 Å². The van der Waals surface area contributed by atoms with Crippen LogP contribution in [0.25, 0.3) is 0 Å². The van der Waals surface area contributed by atoms with E-state index in [2.05, 4.69) is 12.2 Å². The SMILES string of the molecule is CCC(CNC1CC1)OC1CCC1. The van der Waals surface area contributed by atoms with Crippen LogP contribution in [-0.2, 0) is 4.74 Å². The van der Waals surface area contributed by atoms with Crippen LogP contribution in [0.5, 0.6) is 0 Å². The molecule has 0 radical (unpaired) electrons. The molecule has 2 nitrogen and oxygen atoms in total. The second-order valence-electron chi connectivity index (χ2n) is 4.40. The van der Waals surface area contributed by atoms with E-state index in [-0.39, 0.29) is 0 Å². The van der Waals surface area contributed by atoms with Gasteiger partial charge in [-0.3, -0.25) is 0 Å². The zero-order chi connectivity index (χ0) is 9.10. The van der Waals surface area contributed by atoms with Crippen LogP contribution in [0.15, 0.2) is 0 Å². The Morgan fingerprint density at radius 1 is 1.31 bits per heavy atom. The van der Waals surface area contributed by atoms with Gasteiger partial charge in [0.1, 0.15) is 0 Å². The van der Waals surface area contributed by atoms with Crippen molar-refractivity contribution < 1.29 is 4.74 Å². The topological polar surface area (TPSA) is 21.3 Å². The molecule has 0 aromatic rings. The third-order valence-electron chi connectivity index (χ3n) is 3.10. The number of hydrogen-bond donors (Lipinski definition) is 1. The molecule has 1 unspecified atom stereocenters. The summed E-state index contributed by atoms with van der Waals surface area (Å²) in [5, 5.41) is 3.54. The maximum Gasteiger partial charge on any atom is 0.0700 e. The van der Waals surface area contributed by atoms with Crippen LogP contribution in [0.3, 0.4) is 0 Å². The minimum absolute atomic E-state index is 0.464. The van der Waals surface area contributed by atoms with Gasteiger partial charge in [-0.05, 0) is 38.5 Å². The Morgan fingerprint density at radius 2 is 2.08 bits per heavy atom. The van der Waals surface area contributed by atoms with Crippen LogP contribution in [0.4, 0.5) is 0 Å². The molecule has 2 heteroatoms. The Morgan fingerprint density at radius 3 is 2.54 bits per heavy atom. The van der Waals surface area contributed by atoms with Crippen LogP contribution >= 0.6 is 0 Å². The molecular formula is C11H21NO. The second kappa shape index (κ2) is 4.43. The average molecular weight is 183 g/mol. The van der Waals surface area contributed by atoms with Gasteiger partial charge in [0, 0.05) is 12.6 Å². The summed E-state index contributed by atoms with van der Waals surface area (Å²) in [6.07, 6.45) is 8.91. The molecule has 0 aromatic carbocycles. The van der Waals surface area contributed by atoms with Gasteiger partial charge in [-0.15, -0.1) is 0 Å². The Labute approximate surface area is 81.0 Å². The summed E-state index contributed by atoms with van der Waals surface area (Å²) in [4.78, 5) is 0. The fraction of sp³-hybridized carbons (Fsp3) is 1.00. The summed E-state index contributed by atoms with van der Waals surface area (Å²) >= 11 is 0. The smallest absolute Gasteiger partial charge is 0.0700 e. The summed E-state index contributed by atoms with van der Waals surface area (Å²) in [6.45, 7) is 3.29. The van der Waals surface area contributed by atoms with E-state index in [0.717, 1.165) is 19.0 Å². The molecule has 0 saturated heterocycles. The third-order valence-corrected chi connectivity index (χ3v) is 3.10. The third kappa shape index (κ3) is 2.96. The van der Waals surface area contributed by atoms with Gasteiger partial charge in [-0.1, -0.05) is 6.92 Å². The Kier molecular flexibility index (Phi) is 3.23. The first-order chi connectivity index (χ1) is 6.38. The standard InChI is InChI=1S/C11H21NO/c1-2-10(8-12-9-6-7-9)13-11-4-3-5-11/h9-12H,2-8H2,1H3. The van der Waals surface area contributed by atoms with Crippen molar-refractivity contribution in [3.63, 3.8) is 0 Å². The van der Waals surface area contributed by atoms with Crippen LogP contribution in [-0.4, -0.2) is 24.8 Å². The molecule has 0 aliphatic heterocycles. The first-order valence-corrected chi connectivity index (χ1v) is 5.77. The summed E-state index contributed by atoms with van der Waals surface area (Å²) in [6, 6.07) is 0.819. The average Bonchev–Trinajstić information content (AvgIpc) is 2.85. The van der Waals surface area contributed by atoms with Crippen LogP contribution < -0.4 is 5.32 Å². The maximum atomic E-state index is 5.95. The van der Waals surface area contributed by atoms with Crippen molar-refractivity contribution >= 4 is 0 Å². The number of hydrogen-bond acceptors (Lipinski definition) is 2. The van der Waals surface area contributed by atoms with Gasteiger partial charge in [0.05, 0.1) is 12.2 Å². The van der Waals surface area contributed by atoms with Crippen LogP contribution in [0, 0.1) is 0 Å². The minimum atomic E-state index is 0.464. The Hall–Kier alpha value is -0.0800. The van der Waals surface area contributed by atoms with Gasteiger partial charge in [0.15, 0.2) is 0 Å². The van der Waals surface area contributed by atoms with E-state index in [1.54, 1.807) is 0 Å². The first-order valence-electron chi connectivity index (χ1n) is 5.77. The lowest BCUT2D eigenvalue weighted by Gasteiger charge is -2.30. The molecule has 1 atom stereocenters. The Balaban J connectivity index is 1.59. The van der Waals surface area contributed by atoms with E-state index >= 15 is 0 Å². The molecule has 2 aliphatic rings. The quantitative estimate of drug-likeness (QED) is 0.681. The van der Waals surface area contributed by atoms with Crippen molar-refractivity contribution in [1.82, 2.24) is 5.32 Å². The molecule has 1 N–H and O–H groups in total. The molecule has 0 aromatic heterocycles. The van der Waals surface area contributed by atoms with E-state index in [1.807, 2.05) is 0 Å². The van der Waals surface area contributed by atoms with E-state index in [1.165, 1.54) is 32.1 Å². The zero-order valence-corrected chi connectivity index (χ0v) is 8.59. The molecule has 2 rings (SSSR count). The lowest BCUT2D eigenvalue weighted by Crippen LogP contribution is -2.35. The number of nitrogens with one attached hydrogen (secondary N) is 1. The summed E-state index contributed by atoms with van der Waals surface area (Å²) in [7, 11) is 0. The molecule has 0 heterocycles. The summed E-state index contributed by atoms with van der Waals surface area (Å²) in [5.41, 5.74) is 0. The fourth-order valence-corrected chi connectivity index (χ4v) is 1.65. The van der Waals surface area contributed by atoms with Gasteiger partial charge >= 0.3 is 0 Å². The van der Waals surface area contributed by atoms with Gasteiger partial charge in [-0.25, -0.2) is 0 Å². The molecule has 2 saturated carbocycles. The fourth-order valence-electron chi connectivity index (χ4n) is 1.65. The highest BCUT2D eigenvalue weighted by Crippen LogP contribution is 2.24. The predicted molar refractivity (Wildman–Crippen MR) is 53.8 cm³/mol. The van der Waals surface area contributed by atoms with Gasteiger partial charge in [0.2, 0.25) is 0 Å². The van der Waals surface area contributed by atoms with E-state index in [4.69, 9.17) is 4.74 Å². The minimum Gasteiger partial charge on any atom is -0.374 e. The largest absolute Gasteiger partial charge is 0.374 e. The molecule has 0 bridgehead atoms. The molecule has 0 amide bonds. The normalized spacial score (nSPS) is 25.6. The van der Waals surface area contributed by atoms with Gasteiger partial charge in [-0.2, -0.15) is 0 Å². The number of rotatable bonds is 6. The monoisotopic (exact) mass is 183 g/mol. The molecule has 76 valence electrons. The van der Waals surface area contributed by atoms with E-state index < -0.39 is 0 Å². The lowest BCUT2D eigenvalue weighted by atomic mass is 9.96. The summed E-state index contributed by atoms with van der Waals surface area (Å²) in [5.74, 6) is 0. The van der Waals surface area contributed by atoms with Crippen LogP contribution in [0.2, 0.25) is 0 Å². The van der Waals surface area contributed by atoms with Crippen molar-refractivity contribution in [3.05, 3.63) is 0 Å². The van der Waals surface area contributed by atoms with E-state index in [9.17, 15) is 0 Å². The highest BCUT2D eigenvalue weighted by molar-refractivity contribution is 4.82.